The van der Waals surface area contributed by atoms with E-state index in [0.29, 0.717) is 6.61 Å². The Kier molecular flexibility index (Phi) is 4.93. The lowest BCUT2D eigenvalue weighted by molar-refractivity contribution is 0.296. The van der Waals surface area contributed by atoms with Crippen LogP contribution in [0, 0.1) is 0 Å². The van der Waals surface area contributed by atoms with Crippen LogP contribution in [0.5, 0.6) is 5.75 Å². The Labute approximate surface area is 118 Å². The fraction of sp³-hybridized carbons (Fsp3) is 0.400. The second-order valence-electron chi connectivity index (χ2n) is 4.43. The van der Waals surface area contributed by atoms with Gasteiger partial charge in [-0.25, -0.2) is 4.98 Å². The van der Waals surface area contributed by atoms with Crippen LogP contribution in [0.3, 0.4) is 0 Å². The molecular formula is C15H20N2OS. The van der Waals surface area contributed by atoms with Gasteiger partial charge in [-0.15, -0.1) is 11.3 Å². The smallest absolute Gasteiger partial charge is 0.131 e. The minimum Gasteiger partial charge on any atom is -0.487 e. The van der Waals surface area contributed by atoms with E-state index in [9.17, 15) is 0 Å². The maximum atomic E-state index is 6.10. The van der Waals surface area contributed by atoms with Crippen LogP contribution in [-0.4, -0.2) is 4.98 Å². The van der Waals surface area contributed by atoms with Crippen LogP contribution < -0.4 is 10.5 Å². The average molecular weight is 276 g/mol. The molecule has 0 aliphatic carbocycles. The molecule has 1 aromatic carbocycles. The second kappa shape index (κ2) is 6.68. The minimum absolute atomic E-state index is 0.0258. The van der Waals surface area contributed by atoms with Crippen molar-refractivity contribution in [1.82, 2.24) is 4.98 Å². The zero-order valence-corrected chi connectivity index (χ0v) is 12.2. The Balaban J connectivity index is 2.06. The third kappa shape index (κ3) is 3.55. The van der Waals surface area contributed by atoms with Gasteiger partial charge in [0.05, 0.1) is 10.7 Å². The normalized spacial score (nSPS) is 12.4. The summed E-state index contributed by atoms with van der Waals surface area (Å²) in [7, 11) is 0. The van der Waals surface area contributed by atoms with Crippen LogP contribution >= 0.6 is 11.3 Å². The lowest BCUT2D eigenvalue weighted by Crippen LogP contribution is -2.10. The summed E-state index contributed by atoms with van der Waals surface area (Å²) < 4.78 is 5.87. The number of para-hydroxylation sites is 1. The quantitative estimate of drug-likeness (QED) is 0.875. The molecule has 3 nitrogen and oxygen atoms in total. The van der Waals surface area contributed by atoms with Crippen LogP contribution in [0.4, 0.5) is 0 Å². The highest BCUT2D eigenvalue weighted by molar-refractivity contribution is 7.09. The number of nitrogens with zero attached hydrogens (tertiary/aromatic N) is 1. The third-order valence-electron chi connectivity index (χ3n) is 3.04. The summed E-state index contributed by atoms with van der Waals surface area (Å²) in [6, 6.07) is 7.99. The summed E-state index contributed by atoms with van der Waals surface area (Å²) in [4.78, 5) is 4.50. The topological polar surface area (TPSA) is 48.1 Å². The van der Waals surface area contributed by atoms with Gasteiger partial charge in [0.2, 0.25) is 0 Å². The Morgan fingerprint density at radius 3 is 2.79 bits per heavy atom. The van der Waals surface area contributed by atoms with Gasteiger partial charge in [-0.2, -0.15) is 0 Å². The molecule has 0 saturated heterocycles. The predicted octanol–water partition coefficient (Wildman–Crippen LogP) is 3.69. The summed E-state index contributed by atoms with van der Waals surface area (Å²) >= 11 is 1.68. The first-order valence-corrected chi connectivity index (χ1v) is 7.53. The number of aromatic nitrogens is 1. The zero-order chi connectivity index (χ0) is 13.7. The number of rotatable bonds is 6. The molecule has 0 fully saturated rings. The molecule has 102 valence electrons. The molecule has 4 heteroatoms. The van der Waals surface area contributed by atoms with Crippen molar-refractivity contribution >= 4 is 11.3 Å². The summed E-state index contributed by atoms with van der Waals surface area (Å²) in [5.41, 5.74) is 8.15. The number of hydrogen-bond donors (Lipinski definition) is 1. The van der Waals surface area contributed by atoms with E-state index in [1.165, 1.54) is 0 Å². The zero-order valence-electron chi connectivity index (χ0n) is 11.4. The molecule has 1 aromatic heterocycles. The van der Waals surface area contributed by atoms with Gasteiger partial charge in [0, 0.05) is 17.0 Å². The number of ether oxygens (including phenoxy) is 1. The Morgan fingerprint density at radius 1 is 1.32 bits per heavy atom. The molecule has 1 heterocycles. The third-order valence-corrected chi connectivity index (χ3v) is 4.08. The monoisotopic (exact) mass is 276 g/mol. The van der Waals surface area contributed by atoms with Crippen LogP contribution in [0.2, 0.25) is 0 Å². The molecular weight excluding hydrogens is 256 g/mol. The molecule has 0 radical (unpaired) electrons. The molecule has 0 saturated carbocycles. The highest BCUT2D eigenvalue weighted by Crippen LogP contribution is 2.26. The molecule has 0 spiro atoms. The first-order valence-electron chi connectivity index (χ1n) is 6.65. The van der Waals surface area contributed by atoms with E-state index in [0.717, 1.165) is 34.9 Å². The summed E-state index contributed by atoms with van der Waals surface area (Å²) in [6.07, 6.45) is 1.87. The van der Waals surface area contributed by atoms with Gasteiger partial charge in [0.1, 0.15) is 12.4 Å². The molecule has 2 N–H and O–H groups in total. The van der Waals surface area contributed by atoms with E-state index in [-0.39, 0.29) is 6.04 Å². The van der Waals surface area contributed by atoms with Crippen molar-refractivity contribution in [1.29, 1.82) is 0 Å². The molecule has 0 aliphatic rings. The first-order chi connectivity index (χ1) is 9.24. The molecule has 1 atom stereocenters. The van der Waals surface area contributed by atoms with Crippen molar-refractivity contribution in [2.24, 2.45) is 5.73 Å². The molecule has 0 bridgehead atoms. The fourth-order valence-electron chi connectivity index (χ4n) is 1.87. The standard InChI is InChI=1S/C15H20N2OS/c1-3-13(16)12-7-5-6-8-14(12)18-9-11-10-19-15(4-2)17-11/h5-8,10,13H,3-4,9,16H2,1-2H3/t13-/m1/s1. The van der Waals surface area contributed by atoms with Gasteiger partial charge in [0.25, 0.3) is 0 Å². The van der Waals surface area contributed by atoms with Gasteiger partial charge in [-0.1, -0.05) is 32.0 Å². The van der Waals surface area contributed by atoms with Crippen LogP contribution in [-0.2, 0) is 13.0 Å². The minimum atomic E-state index is 0.0258. The van der Waals surface area contributed by atoms with Crippen molar-refractivity contribution in [3.8, 4) is 5.75 Å². The van der Waals surface area contributed by atoms with Crippen LogP contribution in [0.15, 0.2) is 29.6 Å². The van der Waals surface area contributed by atoms with Crippen molar-refractivity contribution in [2.75, 3.05) is 0 Å². The van der Waals surface area contributed by atoms with Gasteiger partial charge >= 0.3 is 0 Å². The summed E-state index contributed by atoms with van der Waals surface area (Å²) in [6.45, 7) is 4.69. The number of hydrogen-bond acceptors (Lipinski definition) is 4. The Hall–Kier alpha value is -1.39. The van der Waals surface area contributed by atoms with E-state index < -0.39 is 0 Å². The number of aryl methyl sites for hydroxylation is 1. The maximum Gasteiger partial charge on any atom is 0.131 e. The van der Waals surface area contributed by atoms with Crippen LogP contribution in [0.25, 0.3) is 0 Å². The Bertz CT molecular complexity index is 524. The highest BCUT2D eigenvalue weighted by Gasteiger charge is 2.10. The highest BCUT2D eigenvalue weighted by atomic mass is 32.1. The van der Waals surface area contributed by atoms with Crippen LogP contribution in [0.1, 0.15) is 42.6 Å². The number of nitrogens with two attached hydrogens (primary N) is 1. The van der Waals surface area contributed by atoms with Crippen molar-refractivity contribution in [3.05, 3.63) is 45.9 Å². The van der Waals surface area contributed by atoms with Gasteiger partial charge in [-0.05, 0) is 18.9 Å². The SMILES string of the molecule is CCc1nc(COc2ccccc2[C@H](N)CC)cs1. The molecule has 0 unspecified atom stereocenters. The van der Waals surface area contributed by atoms with Gasteiger partial charge in [0.15, 0.2) is 0 Å². The fourth-order valence-corrected chi connectivity index (χ4v) is 2.60. The molecule has 0 amide bonds. The lowest BCUT2D eigenvalue weighted by atomic mass is 10.0. The Morgan fingerprint density at radius 2 is 2.11 bits per heavy atom. The van der Waals surface area contributed by atoms with Crippen molar-refractivity contribution in [2.45, 2.75) is 39.3 Å². The molecule has 2 aromatic rings. The maximum absolute atomic E-state index is 6.10. The van der Waals surface area contributed by atoms with E-state index in [1.54, 1.807) is 11.3 Å². The molecule has 19 heavy (non-hydrogen) atoms. The summed E-state index contributed by atoms with van der Waals surface area (Å²) in [5.74, 6) is 0.864. The van der Waals surface area contributed by atoms with Gasteiger partial charge < -0.3 is 10.5 Å². The molecule has 2 rings (SSSR count). The largest absolute Gasteiger partial charge is 0.487 e. The first kappa shape index (κ1) is 14.0. The predicted molar refractivity (Wildman–Crippen MR) is 79.5 cm³/mol. The van der Waals surface area contributed by atoms with E-state index in [2.05, 4.69) is 24.2 Å². The second-order valence-corrected chi connectivity index (χ2v) is 5.37. The van der Waals surface area contributed by atoms with E-state index >= 15 is 0 Å². The molecule has 0 aliphatic heterocycles. The van der Waals surface area contributed by atoms with E-state index in [1.807, 2.05) is 24.3 Å². The number of thiazole rings is 1. The lowest BCUT2D eigenvalue weighted by Gasteiger charge is -2.15. The average Bonchev–Trinajstić information content (AvgIpc) is 2.92. The van der Waals surface area contributed by atoms with E-state index in [4.69, 9.17) is 10.5 Å². The van der Waals surface area contributed by atoms with Crippen molar-refractivity contribution in [3.63, 3.8) is 0 Å². The van der Waals surface area contributed by atoms with Crippen molar-refractivity contribution < 1.29 is 4.74 Å². The summed E-state index contributed by atoms with van der Waals surface area (Å²) in [5, 5.41) is 3.21. The number of benzene rings is 1. The van der Waals surface area contributed by atoms with Gasteiger partial charge in [-0.3, -0.25) is 0 Å².